The van der Waals surface area contributed by atoms with E-state index in [4.69, 9.17) is 14.6 Å². The zero-order valence-corrected chi connectivity index (χ0v) is 20.4. The van der Waals surface area contributed by atoms with Crippen LogP contribution in [0.25, 0.3) is 0 Å². The van der Waals surface area contributed by atoms with E-state index < -0.39 is 11.7 Å². The number of benzene rings is 2. The molecule has 178 valence electrons. The number of rotatable bonds is 12. The van der Waals surface area contributed by atoms with Crippen molar-refractivity contribution in [3.05, 3.63) is 58.7 Å². The smallest absolute Gasteiger partial charge is 0.122 e. The molecule has 3 N–H and O–H groups in total. The second-order valence-corrected chi connectivity index (χ2v) is 9.31. The Hall–Kier alpha value is -2.08. The van der Waals surface area contributed by atoms with Gasteiger partial charge < -0.3 is 24.8 Å². The quantitative estimate of drug-likeness (QED) is 0.443. The third-order valence-electron chi connectivity index (χ3n) is 6.28. The van der Waals surface area contributed by atoms with E-state index in [1.54, 1.807) is 13.8 Å². The molecular formula is C27H40O5. The summed E-state index contributed by atoms with van der Waals surface area (Å²) in [5.74, 6) is 1.57. The first-order chi connectivity index (χ1) is 15.1. The summed E-state index contributed by atoms with van der Waals surface area (Å²) in [7, 11) is 0. The standard InChI is InChI=1S/C27H40O5/c1-7-27(8-2,22-10-12-25(20(4)16-22)32-18-23(29)17-28)21-9-11-24(19(3)15-21)31-14-13-26(5,6)30/h9-12,15-16,23,28-30H,7-8,13-14,17-18H2,1-6H3/t23-/m0/s1. The van der Waals surface area contributed by atoms with Crippen LogP contribution in [0.2, 0.25) is 0 Å². The topological polar surface area (TPSA) is 79.2 Å². The Morgan fingerprint density at radius 3 is 1.78 bits per heavy atom. The molecule has 5 nitrogen and oxygen atoms in total. The number of aliphatic hydroxyl groups excluding tert-OH is 2. The molecule has 0 fully saturated rings. The van der Waals surface area contributed by atoms with Crippen molar-refractivity contribution in [2.24, 2.45) is 0 Å². The minimum atomic E-state index is -0.883. The van der Waals surface area contributed by atoms with Gasteiger partial charge in [-0.1, -0.05) is 38.1 Å². The van der Waals surface area contributed by atoms with Gasteiger partial charge in [-0.05, 0) is 74.9 Å². The second kappa shape index (κ2) is 11.2. The van der Waals surface area contributed by atoms with Gasteiger partial charge in [0.15, 0.2) is 0 Å². The van der Waals surface area contributed by atoms with Crippen molar-refractivity contribution < 1.29 is 24.8 Å². The van der Waals surface area contributed by atoms with Crippen LogP contribution in [-0.4, -0.2) is 46.8 Å². The van der Waals surface area contributed by atoms with E-state index in [0.717, 1.165) is 29.7 Å². The average molecular weight is 445 g/mol. The van der Waals surface area contributed by atoms with Crippen LogP contribution in [0.1, 0.15) is 69.2 Å². The summed E-state index contributed by atoms with van der Waals surface area (Å²) in [6, 6.07) is 12.6. The monoisotopic (exact) mass is 444 g/mol. The Balaban J connectivity index is 2.29. The van der Waals surface area contributed by atoms with Gasteiger partial charge in [0.25, 0.3) is 0 Å². The van der Waals surface area contributed by atoms with Crippen molar-refractivity contribution in [1.82, 2.24) is 0 Å². The van der Waals surface area contributed by atoms with Crippen LogP contribution in [0.5, 0.6) is 11.5 Å². The number of hydrogen-bond donors (Lipinski definition) is 3. The summed E-state index contributed by atoms with van der Waals surface area (Å²) in [6.07, 6.45) is 1.59. The van der Waals surface area contributed by atoms with E-state index >= 15 is 0 Å². The fourth-order valence-corrected chi connectivity index (χ4v) is 4.10. The van der Waals surface area contributed by atoms with E-state index in [9.17, 15) is 10.2 Å². The molecule has 0 heterocycles. The molecule has 0 aliphatic carbocycles. The number of ether oxygens (including phenoxy) is 2. The largest absolute Gasteiger partial charge is 0.493 e. The van der Waals surface area contributed by atoms with Crippen LogP contribution < -0.4 is 9.47 Å². The maximum Gasteiger partial charge on any atom is 0.122 e. The van der Waals surface area contributed by atoms with E-state index in [1.165, 1.54) is 11.1 Å². The molecule has 2 rings (SSSR count). The predicted octanol–water partition coefficient (Wildman–Crippen LogP) is 4.68. The van der Waals surface area contributed by atoms with E-state index in [-0.39, 0.29) is 18.6 Å². The predicted molar refractivity (Wildman–Crippen MR) is 129 cm³/mol. The van der Waals surface area contributed by atoms with Crippen LogP contribution in [0.4, 0.5) is 0 Å². The molecule has 0 aromatic heterocycles. The van der Waals surface area contributed by atoms with Crippen molar-refractivity contribution in [3.8, 4) is 11.5 Å². The molecular weight excluding hydrogens is 404 g/mol. The maximum absolute atomic E-state index is 9.91. The molecule has 0 aliphatic rings. The Kier molecular flexibility index (Phi) is 9.14. The third kappa shape index (κ3) is 6.47. The average Bonchev–Trinajstić information content (AvgIpc) is 2.74. The highest BCUT2D eigenvalue weighted by molar-refractivity contribution is 5.48. The van der Waals surface area contributed by atoms with Gasteiger partial charge >= 0.3 is 0 Å². The highest BCUT2D eigenvalue weighted by atomic mass is 16.5. The van der Waals surface area contributed by atoms with Gasteiger partial charge in [-0.25, -0.2) is 0 Å². The van der Waals surface area contributed by atoms with Crippen LogP contribution in [-0.2, 0) is 5.41 Å². The van der Waals surface area contributed by atoms with Crippen LogP contribution in [0.3, 0.4) is 0 Å². The zero-order chi connectivity index (χ0) is 23.9. The van der Waals surface area contributed by atoms with Crippen molar-refractivity contribution in [3.63, 3.8) is 0 Å². The van der Waals surface area contributed by atoms with Gasteiger partial charge in [-0.3, -0.25) is 0 Å². The first kappa shape index (κ1) is 26.2. The number of aryl methyl sites for hydroxylation is 2. The fraction of sp³-hybridized carbons (Fsp3) is 0.556. The Bertz CT molecular complexity index is 865. The van der Waals surface area contributed by atoms with Crippen LogP contribution in [0, 0.1) is 13.8 Å². The van der Waals surface area contributed by atoms with Gasteiger partial charge in [0, 0.05) is 11.8 Å². The van der Waals surface area contributed by atoms with Crippen molar-refractivity contribution in [1.29, 1.82) is 0 Å². The van der Waals surface area contributed by atoms with Gasteiger partial charge in [-0.15, -0.1) is 0 Å². The molecule has 5 heteroatoms. The Labute approximate surface area is 193 Å². The molecule has 2 aromatic carbocycles. The lowest BCUT2D eigenvalue weighted by Gasteiger charge is -2.34. The Morgan fingerprint density at radius 2 is 1.38 bits per heavy atom. The van der Waals surface area contributed by atoms with Crippen molar-refractivity contribution >= 4 is 0 Å². The summed E-state index contributed by atoms with van der Waals surface area (Å²) < 4.78 is 11.6. The molecule has 0 radical (unpaired) electrons. The lowest BCUT2D eigenvalue weighted by atomic mass is 9.70. The molecule has 0 amide bonds. The van der Waals surface area contributed by atoms with Gasteiger partial charge in [0.05, 0.1) is 18.8 Å². The molecule has 0 saturated heterocycles. The summed E-state index contributed by atoms with van der Waals surface area (Å²) in [5, 5.41) is 28.5. The molecule has 0 unspecified atom stereocenters. The fourth-order valence-electron chi connectivity index (χ4n) is 4.10. The molecule has 0 saturated carbocycles. The van der Waals surface area contributed by atoms with Crippen molar-refractivity contribution in [2.45, 2.75) is 77.9 Å². The third-order valence-corrected chi connectivity index (χ3v) is 6.28. The minimum absolute atomic E-state index is 0.0670. The molecule has 0 spiro atoms. The summed E-state index contributed by atoms with van der Waals surface area (Å²) >= 11 is 0. The molecule has 0 aliphatic heterocycles. The Morgan fingerprint density at radius 1 is 0.875 bits per heavy atom. The number of aliphatic hydroxyl groups is 3. The first-order valence-corrected chi connectivity index (χ1v) is 11.6. The highest BCUT2D eigenvalue weighted by Gasteiger charge is 2.31. The van der Waals surface area contributed by atoms with E-state index in [1.807, 2.05) is 19.1 Å². The molecule has 1 atom stereocenters. The molecule has 32 heavy (non-hydrogen) atoms. The minimum Gasteiger partial charge on any atom is -0.493 e. The van der Waals surface area contributed by atoms with E-state index in [0.29, 0.717) is 18.8 Å². The summed E-state index contributed by atoms with van der Waals surface area (Å²) in [5.41, 5.74) is 3.69. The highest BCUT2D eigenvalue weighted by Crippen LogP contribution is 2.41. The van der Waals surface area contributed by atoms with E-state index in [2.05, 4.69) is 45.0 Å². The van der Waals surface area contributed by atoms with Gasteiger partial charge in [0.1, 0.15) is 24.2 Å². The summed E-state index contributed by atoms with van der Waals surface area (Å²) in [6.45, 7) is 12.3. The lowest BCUT2D eigenvalue weighted by molar-refractivity contribution is 0.0534. The van der Waals surface area contributed by atoms with Crippen LogP contribution in [0.15, 0.2) is 36.4 Å². The summed E-state index contributed by atoms with van der Waals surface area (Å²) in [4.78, 5) is 0. The normalized spacial score (nSPS) is 13.2. The maximum atomic E-state index is 9.91. The molecule has 2 aromatic rings. The number of hydrogen-bond acceptors (Lipinski definition) is 5. The first-order valence-electron chi connectivity index (χ1n) is 11.6. The zero-order valence-electron chi connectivity index (χ0n) is 20.4. The second-order valence-electron chi connectivity index (χ2n) is 9.31. The SMILES string of the molecule is CCC(CC)(c1ccc(OCCC(C)(C)O)c(C)c1)c1ccc(OC[C@@H](O)CO)c(C)c1. The van der Waals surface area contributed by atoms with Crippen molar-refractivity contribution in [2.75, 3.05) is 19.8 Å². The van der Waals surface area contributed by atoms with Crippen LogP contribution >= 0.6 is 0 Å². The molecule has 0 bridgehead atoms. The lowest BCUT2D eigenvalue weighted by Crippen LogP contribution is -2.26. The van der Waals surface area contributed by atoms with Gasteiger partial charge in [0.2, 0.25) is 0 Å². The van der Waals surface area contributed by atoms with Gasteiger partial charge in [-0.2, -0.15) is 0 Å².